The minimum atomic E-state index is -0.420. The summed E-state index contributed by atoms with van der Waals surface area (Å²) in [5.41, 5.74) is 21.3. The van der Waals surface area contributed by atoms with Crippen molar-refractivity contribution in [2.45, 2.75) is 0 Å². The molecule has 0 saturated heterocycles. The quantitative estimate of drug-likeness (QED) is 0.0979. The summed E-state index contributed by atoms with van der Waals surface area (Å²) in [6, 6.07) is 140. The van der Waals surface area contributed by atoms with Crippen LogP contribution >= 0.6 is 0 Å². The number of fused-ring (bicyclic) bond motifs is 18. The van der Waals surface area contributed by atoms with Crippen LogP contribution in [-0.4, -0.2) is 72.3 Å². The van der Waals surface area contributed by atoms with Gasteiger partial charge >= 0.3 is 0 Å². The molecular formula is C135H87N15. The van der Waals surface area contributed by atoms with Crippen molar-refractivity contribution in [2.75, 3.05) is 0 Å². The average Bonchev–Trinajstić information content (AvgIpc) is 1.55. The van der Waals surface area contributed by atoms with Crippen molar-refractivity contribution < 1.29 is 20.6 Å². The molecule has 0 radical (unpaired) electrons. The highest BCUT2D eigenvalue weighted by Crippen LogP contribution is 2.47. The molecule has 0 atom stereocenters. The normalized spacial score (nSPS) is 13.0. The van der Waals surface area contributed by atoms with E-state index < -0.39 is 18.1 Å². The summed E-state index contributed by atoms with van der Waals surface area (Å²) < 4.78 is 139. The molecule has 30 rings (SSSR count). The Morgan fingerprint density at radius 3 is 0.700 bits per heavy atom. The third kappa shape index (κ3) is 15.3. The van der Waals surface area contributed by atoms with Crippen molar-refractivity contribution >= 4 is 131 Å². The molecule has 0 spiro atoms. The predicted octanol–water partition coefficient (Wildman–Crippen LogP) is 33.2. The van der Waals surface area contributed by atoms with Gasteiger partial charge in [-0.1, -0.05) is 424 Å². The van der Waals surface area contributed by atoms with Gasteiger partial charge in [0.15, 0.2) is 34.9 Å². The van der Waals surface area contributed by atoms with E-state index in [2.05, 4.69) is 137 Å². The minimum Gasteiger partial charge on any atom is -0.309 e. The molecule has 702 valence electrons. The van der Waals surface area contributed by atoms with Crippen molar-refractivity contribution in [3.63, 3.8) is 0 Å². The molecule has 0 unspecified atom stereocenters. The zero-order valence-corrected chi connectivity index (χ0v) is 79.8. The van der Waals surface area contributed by atoms with Gasteiger partial charge in [0.05, 0.1) is 92.4 Å². The van der Waals surface area contributed by atoms with Crippen molar-refractivity contribution in [3.8, 4) is 137 Å². The average molecular weight is 1930 g/mol. The van der Waals surface area contributed by atoms with Crippen LogP contribution in [-0.2, 0) is 0 Å². The van der Waals surface area contributed by atoms with Gasteiger partial charge in [0.1, 0.15) is 0 Å². The van der Waals surface area contributed by atoms with Gasteiger partial charge in [0.2, 0.25) is 17.8 Å². The molecular weight excluding hydrogens is 1830 g/mol. The highest BCUT2D eigenvalue weighted by Gasteiger charge is 2.28. The van der Waals surface area contributed by atoms with Crippen molar-refractivity contribution in [1.29, 1.82) is 0 Å². The molecule has 15 nitrogen and oxygen atoms in total. The van der Waals surface area contributed by atoms with Crippen molar-refractivity contribution in [3.05, 3.63) is 527 Å². The first-order chi connectivity index (χ1) is 80.6. The zero-order chi connectivity index (χ0) is 112. The molecule has 0 aliphatic carbocycles. The Labute approximate surface area is 882 Å². The molecule has 9 heterocycles. The van der Waals surface area contributed by atoms with E-state index in [1.807, 2.05) is 322 Å². The second-order valence-corrected chi connectivity index (χ2v) is 36.4. The monoisotopic (exact) mass is 1930 g/mol. The fourth-order valence-electron chi connectivity index (χ4n) is 21.1. The molecule has 9 aromatic heterocycles. The van der Waals surface area contributed by atoms with Crippen molar-refractivity contribution in [2.24, 2.45) is 0 Å². The Bertz CT molecular complexity index is 11200. The van der Waals surface area contributed by atoms with Crippen LogP contribution in [0.25, 0.3) is 267 Å². The van der Waals surface area contributed by atoms with E-state index in [-0.39, 0.29) is 89.2 Å². The Morgan fingerprint density at radius 2 is 0.380 bits per heavy atom. The summed E-state index contributed by atoms with van der Waals surface area (Å²) in [5.74, 6) is 4.97. The van der Waals surface area contributed by atoms with E-state index in [1.54, 1.807) is 6.07 Å². The Hall–Kier alpha value is -20.6. The van der Waals surface area contributed by atoms with Gasteiger partial charge in [0, 0.05) is 115 Å². The van der Waals surface area contributed by atoms with E-state index in [1.165, 1.54) is 0 Å². The van der Waals surface area contributed by atoms with E-state index >= 15 is 0 Å². The predicted molar refractivity (Wildman–Crippen MR) is 614 cm³/mol. The lowest BCUT2D eigenvalue weighted by molar-refractivity contribution is 0.953. The Balaban J connectivity index is 0.000000116. The molecule has 0 aliphatic rings. The highest BCUT2D eigenvalue weighted by molar-refractivity contribution is 6.23. The van der Waals surface area contributed by atoms with Crippen LogP contribution in [0.1, 0.15) is 20.6 Å². The van der Waals surface area contributed by atoms with Gasteiger partial charge < -0.3 is 13.7 Å². The van der Waals surface area contributed by atoms with E-state index in [0.29, 0.717) is 75.2 Å². The first-order valence-electron chi connectivity index (χ1n) is 56.7. The molecule has 0 bridgehead atoms. The fourth-order valence-corrected chi connectivity index (χ4v) is 21.1. The number of hydrogen-bond donors (Lipinski definition) is 0. The molecule has 0 amide bonds. The molecule has 150 heavy (non-hydrogen) atoms. The maximum Gasteiger partial charge on any atom is 0.238 e. The fraction of sp³-hybridized carbons (Fsp3) is 0. The van der Waals surface area contributed by atoms with Crippen LogP contribution in [0.5, 0.6) is 0 Å². The summed E-state index contributed by atoms with van der Waals surface area (Å²) in [6.45, 7) is 0. The SMILES string of the molecule is [2H]c1c([2H])c([2H])c(-c2ccc(-n3c4ccccc4c4cc5c(cc43)c3ccccc3n5-c3nc(-c4ccccc4)nc(-c4ccccc4)n3)cc2)c([2H])c1[2H].[2H]c1c([2H])c([2H])c(-c2cccc(-n3c4ccccc4c4cc5c(cc43)c3ccccc3n5-c3nc(-c4ccccc4)nc(-c4ccccc4)n3)c2)c([2H])c1[2H].[2H]c1c([2H])c([2H])c(-c2ccccc2-n2c3ccccc3c3cc4c(cc32)c2ccccc2n4-c2nc(-c3ccccc3)nc(-c3ccccc3)n2)c([2H])c1[2H]. The molecule has 0 fully saturated rings. The third-order valence-electron chi connectivity index (χ3n) is 27.8. The lowest BCUT2D eigenvalue weighted by Crippen LogP contribution is -2.06. The molecule has 0 N–H and O–H groups in total. The number of benzene rings is 21. The van der Waals surface area contributed by atoms with Gasteiger partial charge in [-0.3, -0.25) is 13.7 Å². The molecule has 15 heteroatoms. The number of nitrogens with zero attached hydrogens (tertiary/aromatic N) is 15. The molecule has 21 aromatic carbocycles. The second kappa shape index (κ2) is 37.0. The summed E-state index contributed by atoms with van der Waals surface area (Å²) >= 11 is 0. The van der Waals surface area contributed by atoms with Gasteiger partial charge in [-0.2, -0.15) is 29.9 Å². The molecule has 0 saturated carbocycles. The summed E-state index contributed by atoms with van der Waals surface area (Å²) in [7, 11) is 0. The first-order valence-corrected chi connectivity index (χ1v) is 49.2. The third-order valence-corrected chi connectivity index (χ3v) is 27.8. The lowest BCUT2D eigenvalue weighted by Gasteiger charge is -2.14. The van der Waals surface area contributed by atoms with Crippen molar-refractivity contribution in [1.82, 2.24) is 72.3 Å². The minimum absolute atomic E-state index is 0.156. The Kier molecular flexibility index (Phi) is 17.9. The topological polar surface area (TPSA) is 146 Å². The molecule has 0 aliphatic heterocycles. The smallest absolute Gasteiger partial charge is 0.238 e. The van der Waals surface area contributed by atoms with E-state index in [4.69, 9.17) is 65.4 Å². The van der Waals surface area contributed by atoms with Gasteiger partial charge in [-0.25, -0.2) is 15.0 Å². The second-order valence-electron chi connectivity index (χ2n) is 36.4. The number of hydrogen-bond acceptors (Lipinski definition) is 9. The maximum atomic E-state index is 8.84. The Morgan fingerprint density at radius 1 is 0.140 bits per heavy atom. The van der Waals surface area contributed by atoms with Crippen LogP contribution < -0.4 is 0 Å². The summed E-state index contributed by atoms with van der Waals surface area (Å²) in [5, 5.41) is 12.3. The van der Waals surface area contributed by atoms with Crippen LogP contribution in [0.3, 0.4) is 0 Å². The maximum absolute atomic E-state index is 8.84. The summed E-state index contributed by atoms with van der Waals surface area (Å²) in [6.07, 6.45) is 0. The van der Waals surface area contributed by atoms with Gasteiger partial charge in [-0.05, 0) is 131 Å². The van der Waals surface area contributed by atoms with Crippen LogP contribution in [0, 0.1) is 0 Å². The standard InChI is InChI=1S/3C45H29N5/c1-4-16-30(17-5-1)33-22-10-13-25-38(33)49-39-26-14-11-23-34(39)36-29-42-37(28-41(36)49)35-24-12-15-27-40(35)50(42)45-47-43(31-18-6-2-7-19-31)46-44(48-45)32-20-8-3-9-21-32;1-4-15-30(16-5-1)33-21-14-22-34(27-33)49-39-25-12-10-23-35(39)37-29-42-38(28-41(37)49)36-24-11-13-26-40(36)50(42)45-47-43(31-17-6-2-7-18-31)46-44(48-45)32-19-8-3-9-20-32;1-4-14-30(15-5-1)31-24-26-34(27-25-31)49-39-22-12-10-20-35(39)37-29-42-38(28-41(37)49)36-21-11-13-23-40(36)50(42)45-47-43(32-16-6-2-7-17-32)46-44(48-45)33-18-8-3-9-19-33/h3*1-29H/i1D,4D,5D,16D,17D;1D,4D,5D,15D,16D;1D,4D,5D,14D,15D. The van der Waals surface area contributed by atoms with Crippen LogP contribution in [0.4, 0.5) is 0 Å². The number of aromatic nitrogens is 15. The van der Waals surface area contributed by atoms with E-state index in [0.717, 1.165) is 176 Å². The van der Waals surface area contributed by atoms with Crippen LogP contribution in [0.2, 0.25) is 0 Å². The van der Waals surface area contributed by atoms with Crippen LogP contribution in [0.15, 0.2) is 527 Å². The van der Waals surface area contributed by atoms with Gasteiger partial charge in [-0.15, -0.1) is 0 Å². The largest absolute Gasteiger partial charge is 0.309 e. The van der Waals surface area contributed by atoms with Gasteiger partial charge in [0.25, 0.3) is 0 Å². The lowest BCUT2D eigenvalue weighted by atomic mass is 10.0. The van der Waals surface area contributed by atoms with E-state index in [9.17, 15) is 0 Å². The number of rotatable bonds is 15. The number of para-hydroxylation sites is 7. The molecule has 30 aromatic rings. The zero-order valence-electron chi connectivity index (χ0n) is 94.8. The highest BCUT2D eigenvalue weighted by atomic mass is 15.2. The first kappa shape index (κ1) is 72.7. The summed E-state index contributed by atoms with van der Waals surface area (Å²) in [4.78, 5) is 45.4.